The molecule has 1 unspecified atom stereocenters. The lowest BCUT2D eigenvalue weighted by Crippen LogP contribution is -2.35. The molecule has 3 aromatic rings. The minimum absolute atomic E-state index is 0.0435. The molecule has 2 heterocycles. The number of amides is 1. The van der Waals surface area contributed by atoms with E-state index in [1.807, 2.05) is 48.3 Å². The minimum atomic E-state index is -1.52. The van der Waals surface area contributed by atoms with Crippen molar-refractivity contribution in [1.82, 2.24) is 9.97 Å². The van der Waals surface area contributed by atoms with Gasteiger partial charge in [0.1, 0.15) is 16.7 Å². The number of ether oxygens (including phenoxy) is 1. The molecule has 0 bridgehead atoms. The molecule has 0 aliphatic carbocycles. The van der Waals surface area contributed by atoms with Gasteiger partial charge >= 0.3 is 0 Å². The van der Waals surface area contributed by atoms with Crippen LogP contribution < -0.4 is 19.7 Å². The summed E-state index contributed by atoms with van der Waals surface area (Å²) in [6.45, 7) is 0.0435. The number of hydrogen-bond acceptors (Lipinski definition) is 6. The Morgan fingerprint density at radius 3 is 2.66 bits per heavy atom. The van der Waals surface area contributed by atoms with Gasteiger partial charge in [0.15, 0.2) is 6.61 Å². The largest absolute Gasteiger partial charge is 0.482 e. The number of anilines is 3. The van der Waals surface area contributed by atoms with Crippen LogP contribution in [0.15, 0.2) is 59.6 Å². The van der Waals surface area contributed by atoms with Crippen molar-refractivity contribution >= 4 is 34.2 Å². The first-order chi connectivity index (χ1) is 13.9. The second kappa shape index (κ2) is 7.61. The van der Waals surface area contributed by atoms with Crippen LogP contribution in [-0.2, 0) is 15.8 Å². The zero-order valence-electron chi connectivity index (χ0n) is 15.9. The van der Waals surface area contributed by atoms with Gasteiger partial charge in [0.05, 0.1) is 16.3 Å². The highest BCUT2D eigenvalue weighted by Crippen LogP contribution is 2.35. The van der Waals surface area contributed by atoms with E-state index in [9.17, 15) is 9.00 Å². The molecule has 4 rings (SSSR count). The maximum atomic E-state index is 11.9. The summed E-state index contributed by atoms with van der Waals surface area (Å²) in [6.07, 6.45) is 1.68. The van der Waals surface area contributed by atoms with Gasteiger partial charge in [-0.25, -0.2) is 19.3 Å². The predicted octanol–water partition coefficient (Wildman–Crippen LogP) is 2.25. The number of carbonyl (C=O) groups is 1. The number of aromatic nitrogens is 2. The highest BCUT2D eigenvalue weighted by Gasteiger charge is 2.22. The van der Waals surface area contributed by atoms with E-state index in [0.29, 0.717) is 22.3 Å². The van der Waals surface area contributed by atoms with Crippen LogP contribution in [0.1, 0.15) is 0 Å². The molecule has 148 valence electrons. The Morgan fingerprint density at radius 1 is 1.17 bits per heavy atom. The van der Waals surface area contributed by atoms with Gasteiger partial charge in [-0.2, -0.15) is 0 Å². The van der Waals surface area contributed by atoms with Crippen LogP contribution in [-0.4, -0.2) is 40.8 Å². The van der Waals surface area contributed by atoms with Gasteiger partial charge in [0, 0.05) is 31.5 Å². The zero-order valence-corrected chi connectivity index (χ0v) is 16.7. The molecule has 1 amide bonds. The minimum Gasteiger partial charge on any atom is -0.482 e. The second-order valence-corrected chi connectivity index (χ2v) is 7.58. The first kappa shape index (κ1) is 19.0. The maximum Gasteiger partial charge on any atom is 0.264 e. The van der Waals surface area contributed by atoms with E-state index in [1.54, 1.807) is 30.3 Å². The Balaban J connectivity index is 1.65. The zero-order chi connectivity index (χ0) is 20.5. The highest BCUT2D eigenvalue weighted by atomic mass is 32.2. The van der Waals surface area contributed by atoms with E-state index in [1.165, 1.54) is 0 Å². The lowest BCUT2D eigenvalue weighted by atomic mass is 10.1. The molecule has 1 aliphatic rings. The lowest BCUT2D eigenvalue weighted by Gasteiger charge is -2.26. The Bertz CT molecular complexity index is 1100. The summed E-state index contributed by atoms with van der Waals surface area (Å²) in [4.78, 5) is 24.9. The molecule has 29 heavy (non-hydrogen) atoms. The van der Waals surface area contributed by atoms with Gasteiger partial charge in [-0.3, -0.25) is 4.79 Å². The van der Waals surface area contributed by atoms with Crippen LogP contribution >= 0.6 is 0 Å². The molecule has 0 radical (unpaired) electrons. The van der Waals surface area contributed by atoms with Crippen molar-refractivity contribution in [2.24, 2.45) is 5.14 Å². The summed E-state index contributed by atoms with van der Waals surface area (Å²) in [6, 6.07) is 14.5. The van der Waals surface area contributed by atoms with Gasteiger partial charge in [0.2, 0.25) is 5.95 Å². The normalized spacial score (nSPS) is 14.2. The third-order valence-corrected chi connectivity index (χ3v) is 5.48. The maximum absolute atomic E-state index is 11.9. The fraction of sp³-hybridized carbons (Fsp3) is 0.150. The van der Waals surface area contributed by atoms with Gasteiger partial charge in [-0.05, 0) is 48.5 Å². The summed E-state index contributed by atoms with van der Waals surface area (Å²) < 4.78 is 16.8. The van der Waals surface area contributed by atoms with Crippen molar-refractivity contribution in [1.29, 1.82) is 0 Å². The number of nitrogens with zero attached hydrogens (tertiary/aromatic N) is 4. The molecular weight excluding hydrogens is 390 g/mol. The number of rotatable bonds is 4. The van der Waals surface area contributed by atoms with Crippen LogP contribution in [0.3, 0.4) is 0 Å². The number of benzene rings is 2. The number of hydrogen-bond donors (Lipinski definition) is 1. The standard InChI is InChI=1S/C20H19N5O3S/c1-24(14-4-6-15(7-5-14)29(21)27)20-22-10-9-16(23-20)13-3-8-18-17(11-13)25(2)19(26)12-28-18/h3-11H,12,21H2,1-2H3. The molecule has 0 saturated carbocycles. The smallest absolute Gasteiger partial charge is 0.264 e. The van der Waals surface area contributed by atoms with Crippen molar-refractivity contribution in [3.63, 3.8) is 0 Å². The third kappa shape index (κ3) is 3.69. The van der Waals surface area contributed by atoms with Crippen LogP contribution in [0, 0.1) is 0 Å². The van der Waals surface area contributed by atoms with Crippen LogP contribution in [0.2, 0.25) is 0 Å². The molecule has 1 aliphatic heterocycles. The molecule has 2 N–H and O–H groups in total. The Hall–Kier alpha value is -3.30. The summed E-state index contributed by atoms with van der Waals surface area (Å²) >= 11 is 0. The fourth-order valence-corrected chi connectivity index (χ4v) is 3.43. The van der Waals surface area contributed by atoms with Crippen molar-refractivity contribution in [3.8, 4) is 17.0 Å². The van der Waals surface area contributed by atoms with E-state index in [-0.39, 0.29) is 12.5 Å². The Morgan fingerprint density at radius 2 is 1.93 bits per heavy atom. The highest BCUT2D eigenvalue weighted by molar-refractivity contribution is 7.82. The van der Waals surface area contributed by atoms with Gasteiger partial charge in [-0.15, -0.1) is 0 Å². The number of fused-ring (bicyclic) bond motifs is 1. The van der Waals surface area contributed by atoms with E-state index in [4.69, 9.17) is 9.88 Å². The first-order valence-electron chi connectivity index (χ1n) is 8.81. The average molecular weight is 409 g/mol. The molecular formula is C20H19N5O3S. The second-order valence-electron chi connectivity index (χ2n) is 6.52. The number of carbonyl (C=O) groups excluding carboxylic acids is 1. The summed E-state index contributed by atoms with van der Waals surface area (Å²) in [5, 5.41) is 5.40. The van der Waals surface area contributed by atoms with Crippen molar-refractivity contribution in [2.75, 3.05) is 30.5 Å². The first-order valence-corrected chi connectivity index (χ1v) is 10.0. The predicted molar refractivity (Wildman–Crippen MR) is 111 cm³/mol. The Labute approximate surface area is 170 Å². The molecule has 9 heteroatoms. The molecule has 2 aromatic carbocycles. The molecule has 1 atom stereocenters. The van der Waals surface area contributed by atoms with Crippen molar-refractivity contribution in [3.05, 3.63) is 54.7 Å². The molecule has 8 nitrogen and oxygen atoms in total. The lowest BCUT2D eigenvalue weighted by molar-refractivity contribution is -0.120. The number of likely N-dealkylation sites (N-methyl/N-ethyl adjacent to an activating group) is 1. The monoisotopic (exact) mass is 409 g/mol. The fourth-order valence-electron chi connectivity index (χ4n) is 3.02. The van der Waals surface area contributed by atoms with Crippen LogP contribution in [0.25, 0.3) is 11.3 Å². The van der Waals surface area contributed by atoms with Gasteiger partial charge in [0.25, 0.3) is 5.91 Å². The van der Waals surface area contributed by atoms with E-state index in [2.05, 4.69) is 9.97 Å². The van der Waals surface area contributed by atoms with E-state index in [0.717, 1.165) is 16.9 Å². The number of nitrogens with two attached hydrogens (primary N) is 1. The SMILES string of the molecule is CN1C(=O)COc2ccc(-c3ccnc(N(C)c4ccc(S(N)=O)cc4)n3)cc21. The molecule has 1 aromatic heterocycles. The average Bonchev–Trinajstić information content (AvgIpc) is 2.76. The summed E-state index contributed by atoms with van der Waals surface area (Å²) in [7, 11) is 2.06. The van der Waals surface area contributed by atoms with Crippen LogP contribution in [0.4, 0.5) is 17.3 Å². The van der Waals surface area contributed by atoms with Gasteiger partial charge < -0.3 is 14.5 Å². The van der Waals surface area contributed by atoms with E-state index >= 15 is 0 Å². The quantitative estimate of drug-likeness (QED) is 0.709. The molecule has 0 saturated heterocycles. The topological polar surface area (TPSA) is 102 Å². The summed E-state index contributed by atoms with van der Waals surface area (Å²) in [5.74, 6) is 1.07. The van der Waals surface area contributed by atoms with Crippen molar-refractivity contribution in [2.45, 2.75) is 4.90 Å². The molecule has 0 fully saturated rings. The van der Waals surface area contributed by atoms with Crippen LogP contribution in [0.5, 0.6) is 5.75 Å². The Kier molecular flexibility index (Phi) is 4.99. The summed E-state index contributed by atoms with van der Waals surface area (Å²) in [5.41, 5.74) is 3.11. The molecule has 0 spiro atoms. The van der Waals surface area contributed by atoms with Gasteiger partial charge in [-0.1, -0.05) is 0 Å². The van der Waals surface area contributed by atoms with E-state index < -0.39 is 11.0 Å². The van der Waals surface area contributed by atoms with Crippen molar-refractivity contribution < 1.29 is 13.7 Å². The third-order valence-electron chi connectivity index (χ3n) is 4.74.